The first kappa shape index (κ1) is 18.6. The van der Waals surface area contributed by atoms with Crippen LogP contribution in [0.2, 0.25) is 0 Å². The SMILES string of the molecule is O=C(Nc1ccccc1)/C(=C/c1cccc(Br)c1)NC(=O)c1ccccc1. The lowest BCUT2D eigenvalue weighted by atomic mass is 10.1. The fourth-order valence-corrected chi connectivity index (χ4v) is 2.84. The van der Waals surface area contributed by atoms with Crippen LogP contribution >= 0.6 is 15.9 Å². The van der Waals surface area contributed by atoms with E-state index in [1.54, 1.807) is 42.5 Å². The number of para-hydroxylation sites is 1. The number of hydrogen-bond donors (Lipinski definition) is 2. The Morgan fingerprint density at radius 2 is 1.48 bits per heavy atom. The molecule has 3 aromatic carbocycles. The van der Waals surface area contributed by atoms with Gasteiger partial charge in [-0.1, -0.05) is 64.5 Å². The Kier molecular flexibility index (Phi) is 6.18. The first-order chi connectivity index (χ1) is 13.1. The molecule has 0 radical (unpaired) electrons. The van der Waals surface area contributed by atoms with E-state index < -0.39 is 5.91 Å². The minimum Gasteiger partial charge on any atom is -0.321 e. The van der Waals surface area contributed by atoms with Crippen molar-refractivity contribution in [3.8, 4) is 0 Å². The van der Waals surface area contributed by atoms with E-state index in [1.807, 2.05) is 48.5 Å². The fraction of sp³-hybridized carbons (Fsp3) is 0. The third-order valence-electron chi connectivity index (χ3n) is 3.72. The van der Waals surface area contributed by atoms with E-state index in [-0.39, 0.29) is 11.6 Å². The molecule has 0 bridgehead atoms. The summed E-state index contributed by atoms with van der Waals surface area (Å²) in [5.74, 6) is -0.745. The van der Waals surface area contributed by atoms with Gasteiger partial charge in [0.15, 0.2) is 0 Å². The Morgan fingerprint density at radius 3 is 2.15 bits per heavy atom. The zero-order chi connectivity index (χ0) is 19.1. The van der Waals surface area contributed by atoms with Gasteiger partial charge in [0.1, 0.15) is 5.70 Å². The highest BCUT2D eigenvalue weighted by molar-refractivity contribution is 9.10. The van der Waals surface area contributed by atoms with Gasteiger partial charge < -0.3 is 10.6 Å². The molecule has 0 aliphatic rings. The summed E-state index contributed by atoms with van der Waals surface area (Å²) in [6.45, 7) is 0. The summed E-state index contributed by atoms with van der Waals surface area (Å²) in [6.07, 6.45) is 1.64. The van der Waals surface area contributed by atoms with E-state index in [1.165, 1.54) is 0 Å². The molecule has 2 N–H and O–H groups in total. The molecule has 0 saturated heterocycles. The van der Waals surface area contributed by atoms with E-state index in [9.17, 15) is 9.59 Å². The largest absolute Gasteiger partial charge is 0.321 e. The summed E-state index contributed by atoms with van der Waals surface area (Å²) in [6, 6.07) is 25.3. The van der Waals surface area contributed by atoms with E-state index in [4.69, 9.17) is 0 Å². The molecule has 2 amide bonds. The summed E-state index contributed by atoms with van der Waals surface area (Å²) in [4.78, 5) is 25.3. The molecule has 0 saturated carbocycles. The summed E-state index contributed by atoms with van der Waals surface area (Å²) >= 11 is 3.41. The van der Waals surface area contributed by atoms with Crippen molar-refractivity contribution in [1.82, 2.24) is 5.32 Å². The predicted molar refractivity (Wildman–Crippen MR) is 111 cm³/mol. The van der Waals surface area contributed by atoms with Crippen LogP contribution in [0.1, 0.15) is 15.9 Å². The third kappa shape index (κ3) is 5.39. The second kappa shape index (κ2) is 8.96. The van der Waals surface area contributed by atoms with Crippen LogP contribution in [0.4, 0.5) is 5.69 Å². The van der Waals surface area contributed by atoms with Crippen molar-refractivity contribution in [2.45, 2.75) is 0 Å². The van der Waals surface area contributed by atoms with Crippen LogP contribution in [0.5, 0.6) is 0 Å². The summed E-state index contributed by atoms with van der Waals surface area (Å²) in [5.41, 5.74) is 2.07. The smallest absolute Gasteiger partial charge is 0.272 e. The summed E-state index contributed by atoms with van der Waals surface area (Å²) < 4.78 is 0.883. The number of amides is 2. The second-order valence-corrected chi connectivity index (χ2v) is 6.67. The molecule has 0 aromatic heterocycles. The quantitative estimate of drug-likeness (QED) is 0.579. The summed E-state index contributed by atoms with van der Waals surface area (Å²) in [7, 11) is 0. The molecule has 0 fully saturated rings. The molecule has 3 rings (SSSR count). The lowest BCUT2D eigenvalue weighted by Crippen LogP contribution is -2.30. The standard InChI is InChI=1S/C22H17BrN2O2/c23-18-11-7-8-16(14-18)15-20(22(27)24-19-12-5-2-6-13-19)25-21(26)17-9-3-1-4-10-17/h1-15H,(H,24,27)(H,25,26)/b20-15-. The van der Waals surface area contributed by atoms with Crippen LogP contribution in [0.15, 0.2) is 95.1 Å². The molecular formula is C22H17BrN2O2. The Bertz CT molecular complexity index is 970. The van der Waals surface area contributed by atoms with Crippen LogP contribution in [-0.4, -0.2) is 11.8 Å². The van der Waals surface area contributed by atoms with Gasteiger partial charge in [-0.3, -0.25) is 9.59 Å². The Balaban J connectivity index is 1.88. The van der Waals surface area contributed by atoms with Gasteiger partial charge in [0.05, 0.1) is 0 Å². The minimum atomic E-state index is -0.398. The highest BCUT2D eigenvalue weighted by Crippen LogP contribution is 2.15. The first-order valence-corrected chi connectivity index (χ1v) is 9.11. The zero-order valence-electron chi connectivity index (χ0n) is 14.4. The van der Waals surface area contributed by atoms with Crippen LogP contribution in [0.25, 0.3) is 6.08 Å². The molecule has 0 heterocycles. The second-order valence-electron chi connectivity index (χ2n) is 5.75. The van der Waals surface area contributed by atoms with Crippen molar-refractivity contribution >= 4 is 39.5 Å². The van der Waals surface area contributed by atoms with E-state index in [0.29, 0.717) is 11.3 Å². The maximum Gasteiger partial charge on any atom is 0.272 e. The molecule has 3 aromatic rings. The normalized spacial score (nSPS) is 10.9. The van der Waals surface area contributed by atoms with Crippen molar-refractivity contribution in [2.75, 3.05) is 5.32 Å². The van der Waals surface area contributed by atoms with Gasteiger partial charge in [-0.15, -0.1) is 0 Å². The van der Waals surface area contributed by atoms with Crippen LogP contribution in [0, 0.1) is 0 Å². The topological polar surface area (TPSA) is 58.2 Å². The number of halogens is 1. The molecule has 134 valence electrons. The first-order valence-electron chi connectivity index (χ1n) is 8.32. The summed E-state index contributed by atoms with van der Waals surface area (Å²) in [5, 5.41) is 5.52. The molecule has 0 aliphatic heterocycles. The number of hydrogen-bond acceptors (Lipinski definition) is 2. The van der Waals surface area contributed by atoms with E-state index in [0.717, 1.165) is 10.0 Å². The number of carbonyl (C=O) groups is 2. The lowest BCUT2D eigenvalue weighted by Gasteiger charge is -2.11. The molecular weight excluding hydrogens is 404 g/mol. The highest BCUT2D eigenvalue weighted by atomic mass is 79.9. The molecule has 0 atom stereocenters. The van der Waals surface area contributed by atoms with Crippen molar-refractivity contribution in [1.29, 1.82) is 0 Å². The van der Waals surface area contributed by atoms with Gasteiger partial charge in [0.25, 0.3) is 11.8 Å². The molecule has 0 aliphatic carbocycles. The third-order valence-corrected chi connectivity index (χ3v) is 4.21. The lowest BCUT2D eigenvalue weighted by molar-refractivity contribution is -0.113. The van der Waals surface area contributed by atoms with Crippen LogP contribution < -0.4 is 10.6 Å². The monoisotopic (exact) mass is 420 g/mol. The van der Waals surface area contributed by atoms with Crippen LogP contribution in [0.3, 0.4) is 0 Å². The van der Waals surface area contributed by atoms with Gasteiger partial charge in [-0.2, -0.15) is 0 Å². The number of nitrogens with one attached hydrogen (secondary N) is 2. The minimum absolute atomic E-state index is 0.158. The average Bonchev–Trinajstić information content (AvgIpc) is 2.69. The highest BCUT2D eigenvalue weighted by Gasteiger charge is 2.15. The molecule has 27 heavy (non-hydrogen) atoms. The Labute approximate surface area is 166 Å². The van der Waals surface area contributed by atoms with Crippen molar-refractivity contribution in [3.05, 3.63) is 106 Å². The number of anilines is 1. The Morgan fingerprint density at radius 1 is 0.815 bits per heavy atom. The van der Waals surface area contributed by atoms with Crippen molar-refractivity contribution in [3.63, 3.8) is 0 Å². The predicted octanol–water partition coefficient (Wildman–Crippen LogP) is 4.86. The average molecular weight is 421 g/mol. The molecule has 4 nitrogen and oxygen atoms in total. The maximum atomic E-state index is 12.8. The number of carbonyl (C=O) groups excluding carboxylic acids is 2. The fourth-order valence-electron chi connectivity index (χ4n) is 2.43. The van der Waals surface area contributed by atoms with Gasteiger partial charge in [-0.25, -0.2) is 0 Å². The Hall–Kier alpha value is -3.18. The van der Waals surface area contributed by atoms with E-state index in [2.05, 4.69) is 26.6 Å². The maximum absolute atomic E-state index is 12.8. The zero-order valence-corrected chi connectivity index (χ0v) is 15.9. The van der Waals surface area contributed by atoms with Gasteiger partial charge in [-0.05, 0) is 48.0 Å². The molecule has 0 unspecified atom stereocenters. The van der Waals surface area contributed by atoms with Gasteiger partial charge in [0.2, 0.25) is 0 Å². The molecule has 5 heteroatoms. The van der Waals surface area contributed by atoms with Gasteiger partial charge in [0, 0.05) is 15.7 Å². The number of benzene rings is 3. The number of rotatable bonds is 5. The van der Waals surface area contributed by atoms with Crippen LogP contribution in [-0.2, 0) is 4.79 Å². The van der Waals surface area contributed by atoms with E-state index >= 15 is 0 Å². The van der Waals surface area contributed by atoms with Crippen molar-refractivity contribution in [2.24, 2.45) is 0 Å². The molecule has 0 spiro atoms. The van der Waals surface area contributed by atoms with Gasteiger partial charge >= 0.3 is 0 Å². The van der Waals surface area contributed by atoms with Crippen molar-refractivity contribution < 1.29 is 9.59 Å².